The van der Waals surface area contributed by atoms with Crippen LogP contribution in [0.25, 0.3) is 0 Å². The molecule has 1 aromatic heterocycles. The number of benzene rings is 1. The molecular weight excluding hydrogens is 359 g/mol. The molecule has 2 N–H and O–H groups in total. The summed E-state index contributed by atoms with van der Waals surface area (Å²) in [6, 6.07) is 9.91. The van der Waals surface area contributed by atoms with Crippen LogP contribution in [0.2, 0.25) is 5.02 Å². The predicted molar refractivity (Wildman–Crippen MR) is 105 cm³/mol. The average molecular weight is 381 g/mol. The first-order chi connectivity index (χ1) is 11.9. The van der Waals surface area contributed by atoms with Crippen LogP contribution in [0.4, 0.5) is 0 Å². The molecule has 0 aliphatic heterocycles. The highest BCUT2D eigenvalue weighted by Gasteiger charge is 2.10. The van der Waals surface area contributed by atoms with E-state index in [0.29, 0.717) is 15.8 Å². The van der Waals surface area contributed by atoms with Crippen LogP contribution in [0.15, 0.2) is 66.4 Å². The molecule has 0 aliphatic rings. The smallest absolute Gasteiger partial charge is 0.254 e. The Balaban J connectivity index is 0.000000614. The fraction of sp³-hybridized carbons (Fsp3) is 0.158. The molecule has 0 saturated heterocycles. The molecular formula is C19H22Cl2N2O2. The number of ether oxygens (including phenoxy) is 1. The van der Waals surface area contributed by atoms with Gasteiger partial charge in [-0.2, -0.15) is 0 Å². The van der Waals surface area contributed by atoms with Gasteiger partial charge >= 0.3 is 0 Å². The zero-order valence-electron chi connectivity index (χ0n) is 14.5. The number of hydrogen-bond acceptors (Lipinski definition) is 3. The SMILES string of the molecule is C=C(Cl)/C=C\C.CC.NC(=O)c1cccnc1Oc1ccc(Cl)cc1. The van der Waals surface area contributed by atoms with Gasteiger partial charge in [0.1, 0.15) is 11.3 Å². The first-order valence-electron chi connectivity index (χ1n) is 7.59. The highest BCUT2D eigenvalue weighted by Crippen LogP contribution is 2.23. The molecule has 2 aromatic rings. The fourth-order valence-electron chi connectivity index (χ4n) is 1.45. The van der Waals surface area contributed by atoms with Crippen LogP contribution in [0.1, 0.15) is 31.1 Å². The minimum absolute atomic E-state index is 0.183. The summed E-state index contributed by atoms with van der Waals surface area (Å²) < 4.78 is 5.46. The summed E-state index contributed by atoms with van der Waals surface area (Å²) in [6.07, 6.45) is 5.11. The zero-order valence-corrected chi connectivity index (χ0v) is 16.0. The largest absolute Gasteiger partial charge is 0.438 e. The number of carbonyl (C=O) groups is 1. The molecule has 2 rings (SSSR count). The molecule has 0 radical (unpaired) electrons. The summed E-state index contributed by atoms with van der Waals surface area (Å²) >= 11 is 11.0. The molecule has 0 unspecified atom stereocenters. The van der Waals surface area contributed by atoms with Gasteiger partial charge < -0.3 is 10.5 Å². The minimum atomic E-state index is -0.581. The van der Waals surface area contributed by atoms with E-state index >= 15 is 0 Å². The van der Waals surface area contributed by atoms with Crippen LogP contribution in [0.5, 0.6) is 11.6 Å². The number of halogens is 2. The first kappa shape index (κ1) is 22.7. The van der Waals surface area contributed by atoms with Crippen LogP contribution >= 0.6 is 23.2 Å². The normalized spacial score (nSPS) is 9.32. The molecule has 25 heavy (non-hydrogen) atoms. The second kappa shape index (κ2) is 13.0. The standard InChI is InChI=1S/C12H9ClN2O2.C5H7Cl.C2H6/c13-8-3-5-9(6-4-8)17-12-10(11(14)16)2-1-7-15-12;1-3-4-5(2)6;1-2/h1-7H,(H2,14,16);3-4H,2H2,1H3;1-2H3/b;4-3-;. The number of nitrogens with zero attached hydrogens (tertiary/aromatic N) is 1. The van der Waals surface area contributed by atoms with Crippen LogP contribution in [-0.4, -0.2) is 10.9 Å². The summed E-state index contributed by atoms with van der Waals surface area (Å²) in [5.41, 5.74) is 5.45. The first-order valence-corrected chi connectivity index (χ1v) is 8.35. The van der Waals surface area contributed by atoms with Crippen molar-refractivity contribution < 1.29 is 9.53 Å². The number of carbonyl (C=O) groups excluding carboxylic acids is 1. The van der Waals surface area contributed by atoms with Crippen molar-refractivity contribution in [3.8, 4) is 11.6 Å². The lowest BCUT2D eigenvalue weighted by molar-refractivity contribution is 0.0997. The van der Waals surface area contributed by atoms with Gasteiger partial charge in [-0.1, -0.05) is 49.7 Å². The minimum Gasteiger partial charge on any atom is -0.438 e. The molecule has 1 aromatic carbocycles. The number of primary amides is 1. The van der Waals surface area contributed by atoms with Crippen molar-refractivity contribution in [3.63, 3.8) is 0 Å². The molecule has 6 heteroatoms. The summed E-state index contributed by atoms with van der Waals surface area (Å²) in [5.74, 6) is 0.139. The zero-order chi connectivity index (χ0) is 19.2. The summed E-state index contributed by atoms with van der Waals surface area (Å²) in [5, 5.41) is 1.19. The molecule has 0 bridgehead atoms. The maximum atomic E-state index is 11.1. The number of pyridine rings is 1. The van der Waals surface area contributed by atoms with E-state index in [4.69, 9.17) is 33.7 Å². The predicted octanol–water partition coefficient (Wildman–Crippen LogP) is 5.97. The molecule has 0 aliphatic carbocycles. The maximum absolute atomic E-state index is 11.1. The molecule has 0 fully saturated rings. The number of hydrogen-bond donors (Lipinski definition) is 1. The Morgan fingerprint density at radius 1 is 1.24 bits per heavy atom. The van der Waals surface area contributed by atoms with Gasteiger partial charge in [0.25, 0.3) is 5.91 Å². The van der Waals surface area contributed by atoms with Crippen LogP contribution in [-0.2, 0) is 0 Å². The van der Waals surface area contributed by atoms with Crippen molar-refractivity contribution in [2.24, 2.45) is 5.73 Å². The van der Waals surface area contributed by atoms with Crippen molar-refractivity contribution in [2.45, 2.75) is 20.8 Å². The highest BCUT2D eigenvalue weighted by atomic mass is 35.5. The van der Waals surface area contributed by atoms with E-state index in [1.165, 1.54) is 6.20 Å². The Morgan fingerprint density at radius 2 is 1.84 bits per heavy atom. The number of rotatable bonds is 4. The van der Waals surface area contributed by atoms with Crippen molar-refractivity contribution in [2.75, 3.05) is 0 Å². The van der Waals surface area contributed by atoms with Gasteiger partial charge in [-0.3, -0.25) is 4.79 Å². The van der Waals surface area contributed by atoms with E-state index in [0.717, 1.165) is 0 Å². The lowest BCUT2D eigenvalue weighted by Gasteiger charge is -2.07. The molecule has 0 atom stereocenters. The Labute approximate surface area is 158 Å². The van der Waals surface area contributed by atoms with Gasteiger partial charge in [0, 0.05) is 16.3 Å². The van der Waals surface area contributed by atoms with E-state index in [1.54, 1.807) is 42.5 Å². The van der Waals surface area contributed by atoms with Crippen molar-refractivity contribution in [3.05, 3.63) is 76.9 Å². The van der Waals surface area contributed by atoms with Crippen LogP contribution in [0.3, 0.4) is 0 Å². The van der Waals surface area contributed by atoms with Crippen LogP contribution < -0.4 is 10.5 Å². The van der Waals surface area contributed by atoms with E-state index < -0.39 is 5.91 Å². The summed E-state index contributed by atoms with van der Waals surface area (Å²) in [6.45, 7) is 9.32. The second-order valence-corrected chi connectivity index (χ2v) is 5.15. The quantitative estimate of drug-likeness (QED) is 0.664. The van der Waals surface area contributed by atoms with Crippen molar-refractivity contribution >= 4 is 29.1 Å². The third-order valence-electron chi connectivity index (χ3n) is 2.41. The van der Waals surface area contributed by atoms with Crippen molar-refractivity contribution in [1.29, 1.82) is 0 Å². The van der Waals surface area contributed by atoms with E-state index in [-0.39, 0.29) is 11.4 Å². The maximum Gasteiger partial charge on any atom is 0.254 e. The highest BCUT2D eigenvalue weighted by molar-refractivity contribution is 6.31. The van der Waals surface area contributed by atoms with Gasteiger partial charge in [0.2, 0.25) is 5.88 Å². The average Bonchev–Trinajstić information content (AvgIpc) is 2.59. The van der Waals surface area contributed by atoms with Crippen LogP contribution in [0, 0.1) is 0 Å². The van der Waals surface area contributed by atoms with Gasteiger partial charge in [-0.25, -0.2) is 4.98 Å². The Morgan fingerprint density at radius 3 is 2.28 bits per heavy atom. The molecule has 1 amide bonds. The third kappa shape index (κ3) is 9.55. The topological polar surface area (TPSA) is 65.2 Å². The van der Waals surface area contributed by atoms with Crippen molar-refractivity contribution in [1.82, 2.24) is 4.98 Å². The number of aromatic nitrogens is 1. The third-order valence-corrected chi connectivity index (χ3v) is 2.79. The summed E-state index contributed by atoms with van der Waals surface area (Å²) in [4.78, 5) is 15.1. The molecule has 1 heterocycles. The Bertz CT molecular complexity index is 699. The molecule has 0 saturated carbocycles. The number of amides is 1. The van der Waals surface area contributed by atoms with E-state index in [9.17, 15) is 4.79 Å². The van der Waals surface area contributed by atoms with E-state index in [2.05, 4.69) is 11.6 Å². The van der Waals surface area contributed by atoms with Gasteiger partial charge in [0.15, 0.2) is 0 Å². The second-order valence-electron chi connectivity index (χ2n) is 4.22. The van der Waals surface area contributed by atoms with Gasteiger partial charge in [-0.05, 0) is 49.4 Å². The lowest BCUT2D eigenvalue weighted by Crippen LogP contribution is -2.12. The molecule has 134 valence electrons. The number of nitrogens with two attached hydrogens (primary N) is 1. The monoisotopic (exact) mass is 380 g/mol. The van der Waals surface area contributed by atoms with Gasteiger partial charge in [0.05, 0.1) is 0 Å². The molecule has 4 nitrogen and oxygen atoms in total. The number of allylic oxidation sites excluding steroid dienone is 3. The van der Waals surface area contributed by atoms with Gasteiger partial charge in [-0.15, -0.1) is 0 Å². The Hall–Kier alpha value is -2.30. The lowest BCUT2D eigenvalue weighted by atomic mass is 10.2. The fourth-order valence-corrected chi connectivity index (χ4v) is 1.71. The molecule has 0 spiro atoms. The summed E-state index contributed by atoms with van der Waals surface area (Å²) in [7, 11) is 0. The van der Waals surface area contributed by atoms with E-state index in [1.807, 2.05) is 26.8 Å². The Kier molecular flexibility index (Phi) is 11.8.